The first-order chi connectivity index (χ1) is 11.8. The number of nitrogens with zero attached hydrogens (tertiary/aromatic N) is 2. The third kappa shape index (κ3) is 5.85. The van der Waals surface area contributed by atoms with Crippen LogP contribution in [0.5, 0.6) is 0 Å². The Morgan fingerprint density at radius 3 is 2.12 bits per heavy atom. The molecule has 0 saturated carbocycles. The normalized spacial score (nSPS) is 11.4. The lowest BCUT2D eigenvalue weighted by Crippen LogP contribution is -2.15. The Morgan fingerprint density at radius 1 is 1.00 bits per heavy atom. The summed E-state index contributed by atoms with van der Waals surface area (Å²) in [5.74, 6) is 1.62. The van der Waals surface area contributed by atoms with Gasteiger partial charge in [0.05, 0.1) is 0 Å². The molecule has 1 heterocycles. The summed E-state index contributed by atoms with van der Waals surface area (Å²) < 4.78 is 0. The van der Waals surface area contributed by atoms with Crippen molar-refractivity contribution in [1.29, 1.82) is 0 Å². The zero-order valence-corrected chi connectivity index (χ0v) is 15.8. The summed E-state index contributed by atoms with van der Waals surface area (Å²) in [4.78, 5) is 12.3. The molecule has 2 rings (SSSR count). The molecule has 5 heteroatoms. The maximum absolute atomic E-state index is 12.3. The van der Waals surface area contributed by atoms with E-state index in [0.29, 0.717) is 23.1 Å². The maximum atomic E-state index is 12.3. The average Bonchev–Trinajstić information content (AvgIpc) is 2.55. The van der Waals surface area contributed by atoms with Crippen molar-refractivity contribution in [2.75, 3.05) is 17.2 Å². The van der Waals surface area contributed by atoms with Gasteiger partial charge in [-0.05, 0) is 47.6 Å². The quantitative estimate of drug-likeness (QED) is 0.813. The van der Waals surface area contributed by atoms with Crippen molar-refractivity contribution in [2.45, 2.75) is 46.5 Å². The van der Waals surface area contributed by atoms with Crippen molar-refractivity contribution in [3.63, 3.8) is 0 Å². The van der Waals surface area contributed by atoms with E-state index in [1.807, 2.05) is 30.3 Å². The van der Waals surface area contributed by atoms with E-state index in [0.717, 1.165) is 13.0 Å². The Kier molecular flexibility index (Phi) is 6.12. The monoisotopic (exact) mass is 340 g/mol. The van der Waals surface area contributed by atoms with Crippen LogP contribution in [0, 0.1) is 5.92 Å². The maximum Gasteiger partial charge on any atom is 0.256 e. The van der Waals surface area contributed by atoms with E-state index in [2.05, 4.69) is 55.4 Å². The third-order valence-electron chi connectivity index (χ3n) is 3.95. The number of carbonyl (C=O) groups excluding carboxylic acids is 1. The van der Waals surface area contributed by atoms with E-state index >= 15 is 0 Å². The fraction of sp³-hybridized carbons (Fsp3) is 0.450. The summed E-state index contributed by atoms with van der Waals surface area (Å²) in [5.41, 5.74) is 1.87. The van der Waals surface area contributed by atoms with E-state index in [1.54, 1.807) is 6.07 Å². The Bertz CT molecular complexity index is 685. The van der Waals surface area contributed by atoms with Crippen LogP contribution in [0.25, 0.3) is 0 Å². The number of benzene rings is 1. The molecule has 0 aliphatic rings. The standard InChI is InChI=1S/C20H28N4O/c1-14(2)12-13-21-17-10-11-18(24-23-17)22-19(25)15-6-8-16(9-7-15)20(3,4)5/h6-11,14H,12-13H2,1-5H3,(H,21,23)(H,22,24,25). The SMILES string of the molecule is CC(C)CCNc1ccc(NC(=O)c2ccc(C(C)(C)C)cc2)nn1. The number of hydrogen-bond acceptors (Lipinski definition) is 4. The van der Waals surface area contributed by atoms with E-state index in [9.17, 15) is 4.79 Å². The fourth-order valence-corrected chi connectivity index (χ4v) is 2.29. The molecule has 1 amide bonds. The predicted molar refractivity (Wildman–Crippen MR) is 103 cm³/mol. The van der Waals surface area contributed by atoms with Crippen LogP contribution >= 0.6 is 0 Å². The van der Waals surface area contributed by atoms with Gasteiger partial charge in [0.1, 0.15) is 5.82 Å². The molecule has 1 aromatic carbocycles. The molecule has 0 spiro atoms. The largest absolute Gasteiger partial charge is 0.369 e. The molecule has 5 nitrogen and oxygen atoms in total. The molecule has 0 aliphatic carbocycles. The third-order valence-corrected chi connectivity index (χ3v) is 3.95. The summed E-state index contributed by atoms with van der Waals surface area (Å²) in [6, 6.07) is 11.2. The van der Waals surface area contributed by atoms with Gasteiger partial charge in [-0.3, -0.25) is 4.79 Å². The Labute approximate surface area is 150 Å². The van der Waals surface area contributed by atoms with Gasteiger partial charge >= 0.3 is 0 Å². The van der Waals surface area contributed by atoms with Crippen molar-refractivity contribution in [3.8, 4) is 0 Å². The van der Waals surface area contributed by atoms with Gasteiger partial charge in [-0.1, -0.05) is 46.8 Å². The van der Waals surface area contributed by atoms with Gasteiger partial charge in [0.15, 0.2) is 5.82 Å². The molecule has 0 bridgehead atoms. The first kappa shape index (κ1) is 18.9. The van der Waals surface area contributed by atoms with E-state index < -0.39 is 0 Å². The van der Waals surface area contributed by atoms with Crippen LogP contribution in [0.2, 0.25) is 0 Å². The number of hydrogen-bond donors (Lipinski definition) is 2. The summed E-state index contributed by atoms with van der Waals surface area (Å²) in [6.45, 7) is 11.7. The molecular weight excluding hydrogens is 312 g/mol. The second kappa shape index (κ2) is 8.10. The van der Waals surface area contributed by atoms with Crippen LogP contribution in [0.15, 0.2) is 36.4 Å². The lowest BCUT2D eigenvalue weighted by atomic mass is 9.87. The van der Waals surface area contributed by atoms with Crippen molar-refractivity contribution in [1.82, 2.24) is 10.2 Å². The molecule has 0 unspecified atom stereocenters. The van der Waals surface area contributed by atoms with Gasteiger partial charge in [0.2, 0.25) is 0 Å². The second-order valence-electron chi connectivity index (χ2n) is 7.69. The predicted octanol–water partition coefficient (Wildman–Crippen LogP) is 4.48. The highest BCUT2D eigenvalue weighted by Crippen LogP contribution is 2.22. The van der Waals surface area contributed by atoms with Crippen LogP contribution in [-0.2, 0) is 5.41 Å². The minimum Gasteiger partial charge on any atom is -0.369 e. The number of carbonyl (C=O) groups is 1. The molecule has 0 fully saturated rings. The van der Waals surface area contributed by atoms with E-state index in [1.165, 1.54) is 5.56 Å². The molecule has 25 heavy (non-hydrogen) atoms. The van der Waals surface area contributed by atoms with Crippen LogP contribution in [0.3, 0.4) is 0 Å². The van der Waals surface area contributed by atoms with Crippen LogP contribution in [-0.4, -0.2) is 22.6 Å². The van der Waals surface area contributed by atoms with Gasteiger partial charge in [-0.15, -0.1) is 10.2 Å². The zero-order valence-electron chi connectivity index (χ0n) is 15.8. The summed E-state index contributed by atoms with van der Waals surface area (Å²) in [5, 5.41) is 14.1. The van der Waals surface area contributed by atoms with Gasteiger partial charge in [0, 0.05) is 12.1 Å². The van der Waals surface area contributed by atoms with Crippen molar-refractivity contribution in [3.05, 3.63) is 47.5 Å². The smallest absolute Gasteiger partial charge is 0.256 e. The molecule has 2 N–H and O–H groups in total. The van der Waals surface area contributed by atoms with Crippen molar-refractivity contribution < 1.29 is 4.79 Å². The fourth-order valence-electron chi connectivity index (χ4n) is 2.29. The summed E-state index contributed by atoms with van der Waals surface area (Å²) >= 11 is 0. The van der Waals surface area contributed by atoms with Gasteiger partial charge in [0.25, 0.3) is 5.91 Å². The number of anilines is 2. The Balaban J connectivity index is 1.94. The second-order valence-corrected chi connectivity index (χ2v) is 7.69. The molecule has 0 saturated heterocycles. The highest BCUT2D eigenvalue weighted by atomic mass is 16.1. The Hall–Kier alpha value is -2.43. The molecule has 0 radical (unpaired) electrons. The lowest BCUT2D eigenvalue weighted by molar-refractivity contribution is 0.102. The zero-order chi connectivity index (χ0) is 18.4. The first-order valence-corrected chi connectivity index (χ1v) is 8.75. The van der Waals surface area contributed by atoms with Crippen LogP contribution in [0.1, 0.15) is 57.0 Å². The van der Waals surface area contributed by atoms with Gasteiger partial charge in [-0.25, -0.2) is 0 Å². The summed E-state index contributed by atoms with van der Waals surface area (Å²) in [6.07, 6.45) is 1.07. The number of aromatic nitrogens is 2. The highest BCUT2D eigenvalue weighted by Gasteiger charge is 2.14. The minimum atomic E-state index is -0.185. The molecule has 0 aliphatic heterocycles. The van der Waals surface area contributed by atoms with Crippen molar-refractivity contribution in [2.24, 2.45) is 5.92 Å². The molecule has 134 valence electrons. The lowest BCUT2D eigenvalue weighted by Gasteiger charge is -2.19. The Morgan fingerprint density at radius 2 is 1.60 bits per heavy atom. The van der Waals surface area contributed by atoms with Crippen LogP contribution in [0.4, 0.5) is 11.6 Å². The number of nitrogens with one attached hydrogen (secondary N) is 2. The van der Waals surface area contributed by atoms with Gasteiger partial charge < -0.3 is 10.6 Å². The van der Waals surface area contributed by atoms with Crippen molar-refractivity contribution >= 4 is 17.5 Å². The number of rotatable bonds is 6. The highest BCUT2D eigenvalue weighted by molar-refractivity contribution is 6.03. The average molecular weight is 340 g/mol. The molecule has 0 atom stereocenters. The van der Waals surface area contributed by atoms with Crippen LogP contribution < -0.4 is 10.6 Å². The van der Waals surface area contributed by atoms with E-state index in [4.69, 9.17) is 0 Å². The molecular formula is C20H28N4O. The van der Waals surface area contributed by atoms with E-state index in [-0.39, 0.29) is 11.3 Å². The van der Waals surface area contributed by atoms with Gasteiger partial charge in [-0.2, -0.15) is 0 Å². The molecule has 1 aromatic heterocycles. The summed E-state index contributed by atoms with van der Waals surface area (Å²) in [7, 11) is 0. The number of amides is 1. The molecule has 2 aromatic rings. The first-order valence-electron chi connectivity index (χ1n) is 8.75. The topological polar surface area (TPSA) is 66.9 Å². The minimum absolute atomic E-state index is 0.0683.